The largest absolute Gasteiger partial charge is 0.309 e. The molecular formula is C12H14Cl2N6OS. The molecule has 2 aromatic heterocycles. The van der Waals surface area contributed by atoms with Crippen LogP contribution in [-0.2, 0) is 4.79 Å². The van der Waals surface area contributed by atoms with E-state index >= 15 is 0 Å². The first-order valence-corrected chi connectivity index (χ1v) is 8.15. The van der Waals surface area contributed by atoms with E-state index in [4.69, 9.17) is 23.2 Å². The molecule has 0 unspecified atom stereocenters. The van der Waals surface area contributed by atoms with E-state index in [1.54, 1.807) is 11.6 Å². The van der Waals surface area contributed by atoms with Gasteiger partial charge in [0.15, 0.2) is 5.82 Å². The molecule has 2 heterocycles. The third-order valence-corrected chi connectivity index (χ3v) is 4.52. The van der Waals surface area contributed by atoms with Crippen LogP contribution in [0.25, 0.3) is 0 Å². The van der Waals surface area contributed by atoms with E-state index in [2.05, 4.69) is 25.8 Å². The number of pyridine rings is 1. The van der Waals surface area contributed by atoms with Gasteiger partial charge in [-0.05, 0) is 36.8 Å². The number of aromatic nitrogens is 5. The molecule has 7 nitrogen and oxygen atoms in total. The fourth-order valence-corrected chi connectivity index (χ4v) is 2.74. The third-order valence-electron chi connectivity index (χ3n) is 2.74. The zero-order valence-corrected chi connectivity index (χ0v) is 14.5. The van der Waals surface area contributed by atoms with Gasteiger partial charge in [0.2, 0.25) is 11.1 Å². The van der Waals surface area contributed by atoms with Gasteiger partial charge in [0.1, 0.15) is 0 Å². The average Bonchev–Trinajstić information content (AvgIpc) is 2.94. The highest BCUT2D eigenvalue weighted by Crippen LogP contribution is 2.28. The molecule has 0 bridgehead atoms. The van der Waals surface area contributed by atoms with E-state index in [9.17, 15) is 4.79 Å². The van der Waals surface area contributed by atoms with Gasteiger partial charge in [-0.25, -0.2) is 9.67 Å². The van der Waals surface area contributed by atoms with Crippen molar-refractivity contribution in [1.29, 1.82) is 0 Å². The SMILES string of the molecule is Cc1c(Cl)cnc(NC(=O)CSc2nnnn2C(C)C)c1Cl. The lowest BCUT2D eigenvalue weighted by Gasteiger charge is -2.09. The van der Waals surface area contributed by atoms with E-state index in [-0.39, 0.29) is 23.5 Å². The highest BCUT2D eigenvalue weighted by Gasteiger charge is 2.14. The number of amides is 1. The summed E-state index contributed by atoms with van der Waals surface area (Å²) in [6, 6.07) is 0.121. The number of hydrogen-bond donors (Lipinski definition) is 1. The molecule has 0 saturated carbocycles. The molecule has 118 valence electrons. The lowest BCUT2D eigenvalue weighted by Crippen LogP contribution is -2.16. The lowest BCUT2D eigenvalue weighted by molar-refractivity contribution is -0.113. The molecule has 1 N–H and O–H groups in total. The summed E-state index contributed by atoms with van der Waals surface area (Å²) < 4.78 is 1.65. The summed E-state index contributed by atoms with van der Waals surface area (Å²) in [5.74, 6) is 0.185. The number of anilines is 1. The number of halogens is 2. The Morgan fingerprint density at radius 3 is 2.86 bits per heavy atom. The number of rotatable bonds is 5. The van der Waals surface area contributed by atoms with Crippen LogP contribution in [0.4, 0.5) is 5.82 Å². The van der Waals surface area contributed by atoms with Crippen molar-refractivity contribution in [2.24, 2.45) is 0 Å². The Hall–Kier alpha value is -1.38. The highest BCUT2D eigenvalue weighted by atomic mass is 35.5. The second-order valence-electron chi connectivity index (χ2n) is 4.73. The lowest BCUT2D eigenvalue weighted by atomic mass is 10.3. The molecule has 0 aromatic carbocycles. The molecule has 0 spiro atoms. The maximum atomic E-state index is 12.0. The first-order valence-electron chi connectivity index (χ1n) is 6.41. The molecule has 0 saturated heterocycles. The molecule has 0 radical (unpaired) electrons. The van der Waals surface area contributed by atoms with Crippen LogP contribution >= 0.6 is 35.0 Å². The Morgan fingerprint density at radius 1 is 1.45 bits per heavy atom. The van der Waals surface area contributed by atoms with Crippen molar-refractivity contribution in [3.8, 4) is 0 Å². The van der Waals surface area contributed by atoms with Gasteiger partial charge >= 0.3 is 0 Å². The van der Waals surface area contributed by atoms with Crippen LogP contribution in [0.2, 0.25) is 10.0 Å². The van der Waals surface area contributed by atoms with Gasteiger partial charge in [-0.15, -0.1) is 5.10 Å². The summed E-state index contributed by atoms with van der Waals surface area (Å²) in [6.45, 7) is 5.68. The molecular weight excluding hydrogens is 347 g/mol. The van der Waals surface area contributed by atoms with Crippen molar-refractivity contribution in [3.63, 3.8) is 0 Å². The van der Waals surface area contributed by atoms with Crippen LogP contribution in [-0.4, -0.2) is 36.9 Å². The van der Waals surface area contributed by atoms with Crippen molar-refractivity contribution < 1.29 is 4.79 Å². The number of hydrogen-bond acceptors (Lipinski definition) is 6. The van der Waals surface area contributed by atoms with Gasteiger partial charge in [-0.1, -0.05) is 35.0 Å². The Labute approximate surface area is 141 Å². The monoisotopic (exact) mass is 360 g/mol. The van der Waals surface area contributed by atoms with E-state index in [0.29, 0.717) is 20.8 Å². The smallest absolute Gasteiger partial charge is 0.236 e. The van der Waals surface area contributed by atoms with E-state index in [1.165, 1.54) is 18.0 Å². The molecule has 1 amide bonds. The average molecular weight is 361 g/mol. The molecule has 22 heavy (non-hydrogen) atoms. The predicted molar refractivity (Wildman–Crippen MR) is 86.5 cm³/mol. The number of nitrogens with zero attached hydrogens (tertiary/aromatic N) is 5. The Bertz CT molecular complexity index is 690. The van der Waals surface area contributed by atoms with Crippen molar-refractivity contribution in [2.75, 3.05) is 11.1 Å². The Morgan fingerprint density at radius 2 is 2.18 bits per heavy atom. The molecule has 2 rings (SSSR count). The minimum Gasteiger partial charge on any atom is -0.309 e. The maximum Gasteiger partial charge on any atom is 0.236 e. The summed E-state index contributed by atoms with van der Waals surface area (Å²) in [5.41, 5.74) is 0.671. The second-order valence-corrected chi connectivity index (χ2v) is 6.46. The third kappa shape index (κ3) is 3.88. The van der Waals surface area contributed by atoms with Gasteiger partial charge in [-0.2, -0.15) is 0 Å². The van der Waals surface area contributed by atoms with E-state index in [1.807, 2.05) is 13.8 Å². The molecule has 0 atom stereocenters. The Kier molecular flexibility index (Phi) is 5.60. The summed E-state index contributed by atoms with van der Waals surface area (Å²) in [5, 5.41) is 15.4. The van der Waals surface area contributed by atoms with Crippen LogP contribution in [0.3, 0.4) is 0 Å². The number of carbonyl (C=O) groups is 1. The normalized spacial score (nSPS) is 11.0. The maximum absolute atomic E-state index is 12.0. The molecule has 0 aliphatic rings. The van der Waals surface area contributed by atoms with Gasteiger partial charge in [-0.3, -0.25) is 4.79 Å². The second kappa shape index (κ2) is 7.26. The fraction of sp³-hybridized carbons (Fsp3) is 0.417. The minimum absolute atomic E-state index is 0.121. The van der Waals surface area contributed by atoms with Gasteiger partial charge in [0, 0.05) is 6.20 Å². The van der Waals surface area contributed by atoms with Gasteiger partial charge in [0.25, 0.3) is 0 Å². The van der Waals surface area contributed by atoms with Crippen LogP contribution in [0.5, 0.6) is 0 Å². The number of carbonyl (C=O) groups excluding carboxylic acids is 1. The summed E-state index contributed by atoms with van der Waals surface area (Å²) in [4.78, 5) is 16.0. The van der Waals surface area contributed by atoms with Crippen LogP contribution in [0.15, 0.2) is 11.4 Å². The van der Waals surface area contributed by atoms with Crippen molar-refractivity contribution in [2.45, 2.75) is 32.0 Å². The highest BCUT2D eigenvalue weighted by molar-refractivity contribution is 7.99. The Balaban J connectivity index is 1.99. The summed E-state index contributed by atoms with van der Waals surface area (Å²) in [7, 11) is 0. The number of thioether (sulfide) groups is 1. The van der Waals surface area contributed by atoms with Crippen molar-refractivity contribution in [3.05, 3.63) is 21.8 Å². The number of nitrogens with one attached hydrogen (secondary N) is 1. The summed E-state index contributed by atoms with van der Waals surface area (Å²) >= 11 is 13.3. The number of tetrazole rings is 1. The molecule has 0 fully saturated rings. The first kappa shape index (κ1) is 17.0. The summed E-state index contributed by atoms with van der Waals surface area (Å²) in [6.07, 6.45) is 1.45. The van der Waals surface area contributed by atoms with Crippen molar-refractivity contribution in [1.82, 2.24) is 25.2 Å². The van der Waals surface area contributed by atoms with Gasteiger partial charge < -0.3 is 5.32 Å². The van der Waals surface area contributed by atoms with E-state index in [0.717, 1.165) is 0 Å². The standard InChI is InChI=1S/C12H14Cl2N6OS/c1-6(2)20-12(17-18-19-20)22-5-9(21)16-11-10(14)7(3)8(13)4-15-11/h4,6H,5H2,1-3H3,(H,15,16,21). The predicted octanol–water partition coefficient (Wildman–Crippen LogP) is 3.00. The van der Waals surface area contributed by atoms with Gasteiger partial charge in [0.05, 0.1) is 21.8 Å². The van der Waals surface area contributed by atoms with Crippen molar-refractivity contribution >= 4 is 46.7 Å². The van der Waals surface area contributed by atoms with E-state index < -0.39 is 0 Å². The fourth-order valence-electron chi connectivity index (χ4n) is 1.55. The molecule has 0 aliphatic carbocycles. The topological polar surface area (TPSA) is 85.6 Å². The first-order chi connectivity index (χ1) is 10.4. The van der Waals surface area contributed by atoms with Crippen LogP contribution in [0, 0.1) is 6.92 Å². The van der Waals surface area contributed by atoms with Crippen LogP contribution in [0.1, 0.15) is 25.5 Å². The molecule has 0 aliphatic heterocycles. The zero-order valence-electron chi connectivity index (χ0n) is 12.2. The zero-order chi connectivity index (χ0) is 16.3. The molecule has 2 aromatic rings. The molecule has 10 heteroatoms. The minimum atomic E-state index is -0.251. The van der Waals surface area contributed by atoms with Crippen LogP contribution < -0.4 is 5.32 Å². The quantitative estimate of drug-likeness (QED) is 0.824.